The second kappa shape index (κ2) is 6.37. The summed E-state index contributed by atoms with van der Waals surface area (Å²) in [5.41, 5.74) is 5.23. The van der Waals surface area contributed by atoms with Crippen LogP contribution in [0.3, 0.4) is 0 Å². The Labute approximate surface area is 148 Å². The molecule has 0 bridgehead atoms. The molecule has 1 amide bonds. The van der Waals surface area contributed by atoms with Gasteiger partial charge < -0.3 is 10.6 Å². The molecule has 10 heteroatoms. The molecule has 2 aliphatic rings. The average molecular weight is 431 g/mol. The van der Waals surface area contributed by atoms with Crippen molar-refractivity contribution < 1.29 is 13.2 Å². The van der Waals surface area contributed by atoms with Crippen molar-refractivity contribution in [3.63, 3.8) is 0 Å². The van der Waals surface area contributed by atoms with Gasteiger partial charge in [0.25, 0.3) is 10.0 Å². The van der Waals surface area contributed by atoms with E-state index in [0.29, 0.717) is 30.4 Å². The summed E-state index contributed by atoms with van der Waals surface area (Å²) < 4.78 is 27.5. The molecule has 1 saturated carbocycles. The predicted octanol–water partition coefficient (Wildman–Crippen LogP) is 1.26. The summed E-state index contributed by atoms with van der Waals surface area (Å²) in [6.45, 7) is 1.45. The molecule has 1 aliphatic heterocycles. The molecule has 1 saturated heterocycles. The van der Waals surface area contributed by atoms with E-state index in [-0.39, 0.29) is 18.3 Å². The molecule has 124 valence electrons. The zero-order valence-electron chi connectivity index (χ0n) is 11.7. The number of nitrogens with two attached hydrogens (primary N) is 1. The first-order valence-electron chi connectivity index (χ1n) is 6.67. The highest BCUT2D eigenvalue weighted by Crippen LogP contribution is 2.35. The Balaban J connectivity index is 0.00000176. The molecule has 3 rings (SSSR count). The van der Waals surface area contributed by atoms with Crippen LogP contribution in [0.2, 0.25) is 0 Å². The molecule has 2 heterocycles. The van der Waals surface area contributed by atoms with Crippen LogP contribution in [0, 0.1) is 0 Å². The third-order valence-electron chi connectivity index (χ3n) is 3.88. The van der Waals surface area contributed by atoms with E-state index in [2.05, 4.69) is 15.9 Å². The van der Waals surface area contributed by atoms with E-state index < -0.39 is 15.6 Å². The van der Waals surface area contributed by atoms with Crippen LogP contribution in [-0.2, 0) is 14.8 Å². The third-order valence-corrected chi connectivity index (χ3v) is 7.87. The minimum Gasteiger partial charge on any atom is -0.338 e. The number of hydrogen-bond acceptors (Lipinski definition) is 5. The average Bonchev–Trinajstić information content (AvgIpc) is 3.06. The van der Waals surface area contributed by atoms with Gasteiger partial charge in [0.15, 0.2) is 0 Å². The number of hydrogen-bond donors (Lipinski definition) is 1. The van der Waals surface area contributed by atoms with Crippen LogP contribution in [0.1, 0.15) is 12.8 Å². The topological polar surface area (TPSA) is 83.7 Å². The van der Waals surface area contributed by atoms with Crippen LogP contribution in [0.25, 0.3) is 0 Å². The van der Waals surface area contributed by atoms with E-state index in [1.807, 2.05) is 0 Å². The van der Waals surface area contributed by atoms with E-state index in [1.165, 1.54) is 15.6 Å². The standard InChI is InChI=1S/C12H16BrN3O3S2.ClH/c13-9-1-2-10(20-9)21(18,19)16-7-5-15(6-8-16)11(17)12(14)3-4-12;/h1-2H,3-8,14H2;1H. The minimum atomic E-state index is -3.46. The molecule has 0 spiro atoms. The van der Waals surface area contributed by atoms with Gasteiger partial charge in [0.1, 0.15) is 4.21 Å². The fourth-order valence-electron chi connectivity index (χ4n) is 2.36. The Hall–Kier alpha value is -0.190. The zero-order valence-corrected chi connectivity index (χ0v) is 15.7. The molecule has 0 atom stereocenters. The van der Waals surface area contributed by atoms with E-state index >= 15 is 0 Å². The van der Waals surface area contributed by atoms with Gasteiger partial charge in [0, 0.05) is 26.2 Å². The lowest BCUT2D eigenvalue weighted by Crippen LogP contribution is -2.55. The summed E-state index contributed by atoms with van der Waals surface area (Å²) in [5.74, 6) is -0.0431. The minimum absolute atomic E-state index is 0. The van der Waals surface area contributed by atoms with E-state index in [4.69, 9.17) is 5.73 Å². The Morgan fingerprint density at radius 3 is 2.27 bits per heavy atom. The van der Waals surface area contributed by atoms with Gasteiger partial charge >= 0.3 is 0 Å². The molecule has 0 aromatic carbocycles. The maximum atomic E-state index is 12.5. The van der Waals surface area contributed by atoms with Gasteiger partial charge in [-0.2, -0.15) is 4.31 Å². The van der Waals surface area contributed by atoms with E-state index in [9.17, 15) is 13.2 Å². The Kier molecular flexibility index (Phi) is 5.25. The number of piperazine rings is 1. The lowest BCUT2D eigenvalue weighted by atomic mass is 10.2. The Morgan fingerprint density at radius 2 is 1.82 bits per heavy atom. The number of nitrogens with zero attached hydrogens (tertiary/aromatic N) is 2. The van der Waals surface area contributed by atoms with Crippen LogP contribution in [0.4, 0.5) is 0 Å². The van der Waals surface area contributed by atoms with Crippen molar-refractivity contribution in [3.05, 3.63) is 15.9 Å². The molecule has 0 radical (unpaired) electrons. The number of sulfonamides is 1. The fourth-order valence-corrected chi connectivity index (χ4v) is 5.94. The number of amides is 1. The molecular weight excluding hydrogens is 414 g/mol. The highest BCUT2D eigenvalue weighted by atomic mass is 79.9. The Bertz CT molecular complexity index is 667. The second-order valence-corrected chi connectivity index (χ2v) is 10.0. The summed E-state index contributed by atoms with van der Waals surface area (Å²) >= 11 is 4.47. The molecule has 6 nitrogen and oxygen atoms in total. The largest absolute Gasteiger partial charge is 0.338 e. The van der Waals surface area contributed by atoms with Gasteiger partial charge in [-0.1, -0.05) is 0 Å². The van der Waals surface area contributed by atoms with Crippen molar-refractivity contribution in [1.29, 1.82) is 0 Å². The van der Waals surface area contributed by atoms with Crippen LogP contribution < -0.4 is 5.73 Å². The Morgan fingerprint density at radius 1 is 1.23 bits per heavy atom. The van der Waals surface area contributed by atoms with Gasteiger partial charge in [0.05, 0.1) is 9.33 Å². The highest BCUT2D eigenvalue weighted by Gasteiger charge is 2.48. The maximum absolute atomic E-state index is 12.5. The van der Waals surface area contributed by atoms with E-state index in [1.54, 1.807) is 17.0 Å². The van der Waals surface area contributed by atoms with Crippen molar-refractivity contribution in [2.45, 2.75) is 22.6 Å². The first-order valence-corrected chi connectivity index (χ1v) is 9.72. The quantitative estimate of drug-likeness (QED) is 0.782. The van der Waals surface area contributed by atoms with Crippen molar-refractivity contribution in [2.75, 3.05) is 26.2 Å². The third kappa shape index (κ3) is 3.34. The summed E-state index contributed by atoms with van der Waals surface area (Å²) in [4.78, 5) is 13.8. The number of thiophene rings is 1. The highest BCUT2D eigenvalue weighted by molar-refractivity contribution is 9.11. The number of halogens is 2. The summed E-state index contributed by atoms with van der Waals surface area (Å²) in [7, 11) is -3.46. The van der Waals surface area contributed by atoms with Gasteiger partial charge in [-0.05, 0) is 40.9 Å². The van der Waals surface area contributed by atoms with Gasteiger partial charge in [0.2, 0.25) is 5.91 Å². The SMILES string of the molecule is Cl.NC1(C(=O)N2CCN(S(=O)(=O)c3ccc(Br)s3)CC2)CC1. The monoisotopic (exact) mass is 429 g/mol. The second-order valence-electron chi connectivity index (χ2n) is 5.41. The number of carbonyl (C=O) groups is 1. The normalized spacial score (nSPS) is 21.3. The lowest BCUT2D eigenvalue weighted by Gasteiger charge is -2.35. The molecule has 1 aromatic heterocycles. The maximum Gasteiger partial charge on any atom is 0.252 e. The molecule has 1 aromatic rings. The van der Waals surface area contributed by atoms with Crippen LogP contribution in [0.15, 0.2) is 20.1 Å². The molecule has 0 unspecified atom stereocenters. The first kappa shape index (κ1) is 18.2. The van der Waals surface area contributed by atoms with Crippen LogP contribution in [0.5, 0.6) is 0 Å². The van der Waals surface area contributed by atoms with Crippen molar-refractivity contribution in [2.24, 2.45) is 5.73 Å². The van der Waals surface area contributed by atoms with Gasteiger partial charge in [-0.3, -0.25) is 4.79 Å². The van der Waals surface area contributed by atoms with Gasteiger partial charge in [-0.25, -0.2) is 8.42 Å². The zero-order chi connectivity index (χ0) is 15.3. The number of carbonyl (C=O) groups excluding carboxylic acids is 1. The van der Waals surface area contributed by atoms with E-state index in [0.717, 1.165) is 16.6 Å². The smallest absolute Gasteiger partial charge is 0.252 e. The summed E-state index contributed by atoms with van der Waals surface area (Å²) in [6, 6.07) is 3.32. The predicted molar refractivity (Wildman–Crippen MR) is 90.8 cm³/mol. The summed E-state index contributed by atoms with van der Waals surface area (Å²) in [5, 5.41) is 0. The van der Waals surface area contributed by atoms with Crippen LogP contribution >= 0.6 is 39.7 Å². The van der Waals surface area contributed by atoms with Crippen molar-refractivity contribution >= 4 is 55.6 Å². The molecule has 22 heavy (non-hydrogen) atoms. The van der Waals surface area contributed by atoms with Crippen molar-refractivity contribution in [1.82, 2.24) is 9.21 Å². The first-order chi connectivity index (χ1) is 9.83. The molecule has 2 fully saturated rings. The van der Waals surface area contributed by atoms with Gasteiger partial charge in [-0.15, -0.1) is 23.7 Å². The number of rotatable bonds is 3. The van der Waals surface area contributed by atoms with Crippen molar-refractivity contribution in [3.8, 4) is 0 Å². The molecular formula is C12H17BrClN3O3S2. The molecule has 2 N–H and O–H groups in total. The molecule has 1 aliphatic carbocycles. The van der Waals surface area contributed by atoms with Crippen LogP contribution in [-0.4, -0.2) is 55.2 Å². The summed E-state index contributed by atoms with van der Waals surface area (Å²) in [6.07, 6.45) is 1.46. The fraction of sp³-hybridized carbons (Fsp3) is 0.583. The lowest BCUT2D eigenvalue weighted by molar-refractivity contribution is -0.134.